The number of aromatic amines is 1. The normalized spacial score (nSPS) is 14.0. The Bertz CT molecular complexity index is 1090. The maximum atomic E-state index is 13.1. The van der Waals surface area contributed by atoms with Crippen molar-refractivity contribution in [3.63, 3.8) is 0 Å². The molecule has 14 heteroatoms. The van der Waals surface area contributed by atoms with Gasteiger partial charge in [0.1, 0.15) is 23.9 Å². The number of benzene rings is 1. The van der Waals surface area contributed by atoms with Gasteiger partial charge in [-0.25, -0.2) is 9.78 Å². The van der Waals surface area contributed by atoms with Gasteiger partial charge in [-0.3, -0.25) is 19.2 Å². The number of carbonyl (C=O) groups is 5. The fourth-order valence-electron chi connectivity index (χ4n) is 3.28. The van der Waals surface area contributed by atoms with Crippen molar-refractivity contribution >= 4 is 29.6 Å². The molecule has 0 aliphatic heterocycles. The van der Waals surface area contributed by atoms with Crippen LogP contribution in [0.4, 0.5) is 0 Å². The molecular formula is C23H31N7O7. The number of carbonyl (C=O) groups excluding carboxylic acids is 4. The summed E-state index contributed by atoms with van der Waals surface area (Å²) >= 11 is 0. The smallest absolute Gasteiger partial charge is 0.326 e. The molecule has 200 valence electrons. The fourth-order valence-corrected chi connectivity index (χ4v) is 3.28. The molecule has 0 aliphatic carbocycles. The van der Waals surface area contributed by atoms with Crippen LogP contribution in [-0.4, -0.2) is 73.9 Å². The van der Waals surface area contributed by atoms with Crippen LogP contribution in [0.2, 0.25) is 0 Å². The number of hydrogen-bond acceptors (Lipinski definition) is 8. The molecule has 0 spiro atoms. The van der Waals surface area contributed by atoms with Gasteiger partial charge >= 0.3 is 5.97 Å². The molecule has 4 atom stereocenters. The number of aromatic nitrogens is 2. The summed E-state index contributed by atoms with van der Waals surface area (Å²) in [4.78, 5) is 67.4. The molecule has 0 bridgehead atoms. The van der Waals surface area contributed by atoms with Crippen LogP contribution in [0.1, 0.15) is 31.0 Å². The standard InChI is InChI=1S/C23H31N7O7/c1-12(28-21(34)16(24)6-7-19(25)32)20(33)29-17(8-13-2-4-15(31)5-3-13)22(35)30-18(23(36)37)9-14-10-26-11-27-14/h2-5,10-12,16-18,31H,6-9,24H2,1H3,(H2,25,32)(H,26,27)(H,28,34)(H,29,33)(H,30,35)(H,36,37). The molecule has 1 aromatic heterocycles. The second-order valence-electron chi connectivity index (χ2n) is 8.45. The summed E-state index contributed by atoms with van der Waals surface area (Å²) < 4.78 is 0. The van der Waals surface area contributed by atoms with Gasteiger partial charge in [0.25, 0.3) is 0 Å². The van der Waals surface area contributed by atoms with Gasteiger partial charge in [-0.1, -0.05) is 12.1 Å². The van der Waals surface area contributed by atoms with Gasteiger partial charge in [-0.15, -0.1) is 0 Å². The molecule has 0 aliphatic rings. The first-order chi connectivity index (χ1) is 17.5. The fraction of sp³-hybridized carbons (Fsp3) is 0.391. The summed E-state index contributed by atoms with van der Waals surface area (Å²) in [5, 5.41) is 26.4. The number of nitrogens with one attached hydrogen (secondary N) is 4. The molecule has 0 radical (unpaired) electrons. The van der Waals surface area contributed by atoms with Crippen molar-refractivity contribution in [2.75, 3.05) is 0 Å². The monoisotopic (exact) mass is 517 g/mol. The zero-order chi connectivity index (χ0) is 27.5. The molecule has 10 N–H and O–H groups in total. The average Bonchev–Trinajstić information content (AvgIpc) is 3.35. The van der Waals surface area contributed by atoms with Crippen molar-refractivity contribution in [3.8, 4) is 5.75 Å². The van der Waals surface area contributed by atoms with E-state index in [1.807, 2.05) is 0 Å². The van der Waals surface area contributed by atoms with Gasteiger partial charge in [0, 0.05) is 31.2 Å². The number of hydrogen-bond donors (Lipinski definition) is 8. The van der Waals surface area contributed by atoms with Crippen LogP contribution in [0, 0.1) is 0 Å². The predicted octanol–water partition coefficient (Wildman–Crippen LogP) is -1.95. The van der Waals surface area contributed by atoms with Crippen LogP contribution in [0.25, 0.3) is 0 Å². The Balaban J connectivity index is 2.12. The first-order valence-electron chi connectivity index (χ1n) is 11.4. The molecule has 1 aromatic carbocycles. The Morgan fingerprint density at radius 3 is 2.19 bits per heavy atom. The number of imidazole rings is 1. The van der Waals surface area contributed by atoms with Crippen LogP contribution in [0.3, 0.4) is 0 Å². The number of nitrogens with two attached hydrogens (primary N) is 2. The van der Waals surface area contributed by atoms with E-state index in [-0.39, 0.29) is 31.4 Å². The predicted molar refractivity (Wildman–Crippen MR) is 130 cm³/mol. The molecule has 0 saturated heterocycles. The van der Waals surface area contributed by atoms with Gasteiger partial charge in [0.2, 0.25) is 23.6 Å². The number of phenols is 1. The SMILES string of the molecule is CC(NC(=O)C(N)CCC(N)=O)C(=O)NC(Cc1ccc(O)cc1)C(=O)NC(Cc1cnc[nH]1)C(=O)O. The number of amides is 4. The molecule has 0 fully saturated rings. The third-order valence-electron chi connectivity index (χ3n) is 5.39. The van der Waals surface area contributed by atoms with E-state index in [2.05, 4.69) is 25.9 Å². The van der Waals surface area contributed by atoms with E-state index in [0.29, 0.717) is 11.3 Å². The molecule has 2 aromatic rings. The van der Waals surface area contributed by atoms with E-state index in [9.17, 15) is 34.2 Å². The molecule has 4 amide bonds. The minimum atomic E-state index is -1.31. The van der Waals surface area contributed by atoms with Crippen molar-refractivity contribution in [2.45, 2.75) is 56.8 Å². The van der Waals surface area contributed by atoms with E-state index >= 15 is 0 Å². The summed E-state index contributed by atoms with van der Waals surface area (Å²) in [6, 6.07) is 1.19. The Morgan fingerprint density at radius 2 is 1.62 bits per heavy atom. The minimum Gasteiger partial charge on any atom is -0.508 e. The largest absolute Gasteiger partial charge is 0.508 e. The molecular weight excluding hydrogens is 486 g/mol. The Labute approximate surface area is 212 Å². The zero-order valence-corrected chi connectivity index (χ0v) is 20.1. The van der Waals surface area contributed by atoms with E-state index in [1.54, 1.807) is 12.1 Å². The summed E-state index contributed by atoms with van der Waals surface area (Å²) in [7, 11) is 0. The second kappa shape index (κ2) is 13.6. The van der Waals surface area contributed by atoms with Gasteiger partial charge < -0.3 is 42.6 Å². The van der Waals surface area contributed by atoms with E-state index in [4.69, 9.17) is 11.5 Å². The van der Waals surface area contributed by atoms with E-state index in [1.165, 1.54) is 31.6 Å². The number of carboxylic acids is 1. The lowest BCUT2D eigenvalue weighted by Gasteiger charge is -2.24. The summed E-state index contributed by atoms with van der Waals surface area (Å²) in [5.74, 6) is -4.09. The van der Waals surface area contributed by atoms with Crippen LogP contribution >= 0.6 is 0 Å². The number of primary amides is 1. The number of H-pyrrole nitrogens is 1. The quantitative estimate of drug-likeness (QED) is 0.139. The van der Waals surface area contributed by atoms with Gasteiger partial charge in [0.15, 0.2) is 0 Å². The lowest BCUT2D eigenvalue weighted by molar-refractivity contribution is -0.142. The maximum Gasteiger partial charge on any atom is 0.326 e. The van der Waals surface area contributed by atoms with Crippen LogP contribution in [0.5, 0.6) is 5.75 Å². The van der Waals surface area contributed by atoms with Gasteiger partial charge in [-0.05, 0) is 31.0 Å². The van der Waals surface area contributed by atoms with E-state index in [0.717, 1.165) is 0 Å². The number of aliphatic carboxylic acids is 1. The van der Waals surface area contributed by atoms with Crippen LogP contribution in [-0.2, 0) is 36.8 Å². The highest BCUT2D eigenvalue weighted by molar-refractivity contribution is 5.94. The number of phenolic OH excluding ortho intramolecular Hbond substituents is 1. The molecule has 4 unspecified atom stereocenters. The van der Waals surface area contributed by atoms with Crippen molar-refractivity contribution in [2.24, 2.45) is 11.5 Å². The topological polar surface area (TPSA) is 243 Å². The number of rotatable bonds is 14. The number of nitrogens with zero attached hydrogens (tertiary/aromatic N) is 1. The van der Waals surface area contributed by atoms with Gasteiger partial charge in [-0.2, -0.15) is 0 Å². The first-order valence-corrected chi connectivity index (χ1v) is 11.4. The summed E-state index contributed by atoms with van der Waals surface area (Å²) in [5.41, 5.74) is 11.8. The maximum absolute atomic E-state index is 13.1. The highest BCUT2D eigenvalue weighted by Gasteiger charge is 2.29. The second-order valence-corrected chi connectivity index (χ2v) is 8.45. The Morgan fingerprint density at radius 1 is 0.973 bits per heavy atom. The van der Waals surface area contributed by atoms with Crippen molar-refractivity contribution in [1.29, 1.82) is 0 Å². The van der Waals surface area contributed by atoms with Gasteiger partial charge in [0.05, 0.1) is 12.4 Å². The molecule has 37 heavy (non-hydrogen) atoms. The highest BCUT2D eigenvalue weighted by atomic mass is 16.4. The highest BCUT2D eigenvalue weighted by Crippen LogP contribution is 2.12. The molecule has 0 saturated carbocycles. The Hall–Kier alpha value is -4.46. The third-order valence-corrected chi connectivity index (χ3v) is 5.39. The minimum absolute atomic E-state index is 0.00305. The summed E-state index contributed by atoms with van der Waals surface area (Å²) in [6.07, 6.45) is 2.58. The first kappa shape index (κ1) is 28.8. The lowest BCUT2D eigenvalue weighted by atomic mass is 10.0. The van der Waals surface area contributed by atoms with Crippen molar-refractivity contribution in [1.82, 2.24) is 25.9 Å². The number of carboxylic acid groups (broad SMARTS) is 1. The zero-order valence-electron chi connectivity index (χ0n) is 20.1. The molecule has 1 heterocycles. The van der Waals surface area contributed by atoms with Crippen molar-refractivity contribution in [3.05, 3.63) is 48.0 Å². The summed E-state index contributed by atoms with van der Waals surface area (Å²) in [6.45, 7) is 1.38. The van der Waals surface area contributed by atoms with Crippen LogP contribution < -0.4 is 27.4 Å². The molecule has 14 nitrogen and oxygen atoms in total. The van der Waals surface area contributed by atoms with E-state index < -0.39 is 53.8 Å². The number of aromatic hydroxyl groups is 1. The van der Waals surface area contributed by atoms with Crippen LogP contribution in [0.15, 0.2) is 36.8 Å². The lowest BCUT2D eigenvalue weighted by Crippen LogP contribution is -2.57. The van der Waals surface area contributed by atoms with Crippen molar-refractivity contribution < 1.29 is 34.2 Å². The molecule has 2 rings (SSSR count). The third kappa shape index (κ3) is 9.60. The Kier molecular flexibility index (Phi) is 10.6. The average molecular weight is 518 g/mol.